The van der Waals surface area contributed by atoms with Gasteiger partial charge in [-0.1, -0.05) is 0 Å². The summed E-state index contributed by atoms with van der Waals surface area (Å²) in [5, 5.41) is 6.36. The van der Waals surface area contributed by atoms with Crippen molar-refractivity contribution in [3.63, 3.8) is 0 Å². The summed E-state index contributed by atoms with van der Waals surface area (Å²) in [6.45, 7) is 7.53. The van der Waals surface area contributed by atoms with E-state index in [4.69, 9.17) is 0 Å². The van der Waals surface area contributed by atoms with E-state index >= 15 is 0 Å². The van der Waals surface area contributed by atoms with Crippen molar-refractivity contribution in [1.29, 1.82) is 0 Å². The fourth-order valence-corrected chi connectivity index (χ4v) is 7.94. The van der Waals surface area contributed by atoms with E-state index in [1.165, 1.54) is 16.0 Å². The summed E-state index contributed by atoms with van der Waals surface area (Å²) in [6.07, 6.45) is 4.72. The van der Waals surface area contributed by atoms with Crippen LogP contribution >= 0.6 is 0 Å². The van der Waals surface area contributed by atoms with Gasteiger partial charge in [0, 0.05) is 0 Å². The molecule has 1 aliphatic rings. The predicted molar refractivity (Wildman–Crippen MR) is 96.8 cm³/mol. The monoisotopic (exact) mass is 398 g/mol. The molecule has 0 aromatic heterocycles. The molecule has 0 radical (unpaired) electrons. The minimum atomic E-state index is -1.72. The van der Waals surface area contributed by atoms with Crippen LogP contribution < -0.4 is 15.8 Å². The molecular formula is C19H30MoN3. The topological polar surface area (TPSA) is 18.5 Å². The Balaban J connectivity index is 2.48. The number of fused-ring (bicyclic) bond motifs is 1. The normalized spacial score (nSPS) is 16.6. The third-order valence-corrected chi connectivity index (χ3v) is 9.03. The second-order valence-corrected chi connectivity index (χ2v) is 13.1. The van der Waals surface area contributed by atoms with E-state index in [2.05, 4.69) is 97.6 Å². The van der Waals surface area contributed by atoms with Gasteiger partial charge in [0.15, 0.2) is 0 Å². The summed E-state index contributed by atoms with van der Waals surface area (Å²) in [6, 6.07) is 8.80. The molecule has 4 heteroatoms. The van der Waals surface area contributed by atoms with E-state index < -0.39 is 17.8 Å². The van der Waals surface area contributed by atoms with Gasteiger partial charge < -0.3 is 0 Å². The van der Waals surface area contributed by atoms with E-state index in [-0.39, 0.29) is 5.54 Å². The van der Waals surface area contributed by atoms with Crippen LogP contribution in [0, 0.1) is 0 Å². The quantitative estimate of drug-likeness (QED) is 0.761. The Morgan fingerprint density at radius 3 is 2.22 bits per heavy atom. The van der Waals surface area contributed by atoms with Crippen molar-refractivity contribution in [1.82, 2.24) is 12.2 Å². The zero-order chi connectivity index (χ0) is 17.2. The van der Waals surface area contributed by atoms with E-state index in [0.29, 0.717) is 0 Å². The molecule has 0 amide bonds. The van der Waals surface area contributed by atoms with Gasteiger partial charge in [0.2, 0.25) is 0 Å². The third-order valence-electron chi connectivity index (χ3n) is 3.61. The SMILES string of the molecule is C[N](C)[Mo]([C]1=c2ccccc2=CC1=CCNC(C)(C)C)[N](C)C. The van der Waals surface area contributed by atoms with Crippen molar-refractivity contribution >= 4 is 10.0 Å². The molecule has 0 spiro atoms. The van der Waals surface area contributed by atoms with Crippen LogP contribution in [0.3, 0.4) is 0 Å². The van der Waals surface area contributed by atoms with Crippen LogP contribution in [0.25, 0.3) is 10.0 Å². The number of benzene rings is 1. The second kappa shape index (κ2) is 7.44. The first-order chi connectivity index (χ1) is 10.7. The maximum atomic E-state index is 3.58. The molecule has 0 saturated heterocycles. The van der Waals surface area contributed by atoms with Gasteiger partial charge in [-0.05, 0) is 0 Å². The average molecular weight is 396 g/mol. The van der Waals surface area contributed by atoms with Gasteiger partial charge in [0.05, 0.1) is 0 Å². The van der Waals surface area contributed by atoms with Gasteiger partial charge in [-0.3, -0.25) is 0 Å². The first-order valence-electron chi connectivity index (χ1n) is 8.06. The zero-order valence-corrected chi connectivity index (χ0v) is 17.5. The summed E-state index contributed by atoms with van der Waals surface area (Å²) in [5.74, 6) is 0. The van der Waals surface area contributed by atoms with Crippen LogP contribution in [0.1, 0.15) is 20.8 Å². The summed E-state index contributed by atoms with van der Waals surface area (Å²) in [7, 11) is 8.87. The first kappa shape index (κ1) is 18.6. The van der Waals surface area contributed by atoms with Gasteiger partial charge in [-0.15, -0.1) is 0 Å². The van der Waals surface area contributed by atoms with Crippen molar-refractivity contribution in [3.8, 4) is 0 Å². The number of hydrogen-bond donors (Lipinski definition) is 1. The van der Waals surface area contributed by atoms with Gasteiger partial charge in [-0.2, -0.15) is 0 Å². The molecule has 0 heterocycles. The predicted octanol–water partition coefficient (Wildman–Crippen LogP) is 1.47. The fourth-order valence-electron chi connectivity index (χ4n) is 2.73. The van der Waals surface area contributed by atoms with Crippen molar-refractivity contribution < 1.29 is 17.8 Å². The van der Waals surface area contributed by atoms with E-state index in [0.717, 1.165) is 6.54 Å². The number of allylic oxidation sites excluding steroid dienone is 1. The summed E-state index contributed by atoms with van der Waals surface area (Å²) >= 11 is -1.72. The molecule has 0 fully saturated rings. The van der Waals surface area contributed by atoms with Crippen LogP contribution in [0.2, 0.25) is 0 Å². The second-order valence-electron chi connectivity index (χ2n) is 7.24. The van der Waals surface area contributed by atoms with Gasteiger partial charge in [0.25, 0.3) is 0 Å². The van der Waals surface area contributed by atoms with E-state index in [1.54, 1.807) is 3.96 Å². The maximum absolute atomic E-state index is 3.58. The van der Waals surface area contributed by atoms with Crippen LogP contribution in [0.15, 0.2) is 35.9 Å². The Morgan fingerprint density at radius 1 is 1.04 bits per heavy atom. The molecule has 1 N–H and O–H groups in total. The first-order valence-corrected chi connectivity index (χ1v) is 10.9. The molecule has 1 aromatic rings. The third kappa shape index (κ3) is 4.64. The summed E-state index contributed by atoms with van der Waals surface area (Å²) in [4.78, 5) is 0. The molecule has 0 atom stereocenters. The number of hydrogen-bond acceptors (Lipinski definition) is 3. The molecule has 23 heavy (non-hydrogen) atoms. The Morgan fingerprint density at radius 2 is 1.65 bits per heavy atom. The van der Waals surface area contributed by atoms with E-state index in [1.807, 2.05) is 0 Å². The summed E-state index contributed by atoms with van der Waals surface area (Å²) in [5.41, 5.74) is 1.55. The van der Waals surface area contributed by atoms with Crippen LogP contribution in [-0.4, -0.2) is 47.2 Å². The fraction of sp³-hybridized carbons (Fsp3) is 0.474. The van der Waals surface area contributed by atoms with Gasteiger partial charge in [0.1, 0.15) is 0 Å². The number of rotatable bonds is 5. The molecular weight excluding hydrogens is 366 g/mol. The molecule has 1 aromatic carbocycles. The average Bonchev–Trinajstić information content (AvgIpc) is 2.75. The zero-order valence-electron chi connectivity index (χ0n) is 15.5. The Hall–Kier alpha value is -0.732. The number of nitrogens with zero attached hydrogens (tertiary/aromatic N) is 2. The van der Waals surface area contributed by atoms with Crippen molar-refractivity contribution in [3.05, 3.63) is 46.4 Å². The molecule has 127 valence electrons. The minimum absolute atomic E-state index is 0.144. The molecule has 3 nitrogen and oxygen atoms in total. The van der Waals surface area contributed by atoms with Crippen molar-refractivity contribution in [2.45, 2.75) is 26.3 Å². The van der Waals surface area contributed by atoms with Crippen molar-refractivity contribution in [2.75, 3.05) is 34.7 Å². The van der Waals surface area contributed by atoms with Crippen LogP contribution in [-0.2, 0) is 17.8 Å². The summed E-state index contributed by atoms with van der Waals surface area (Å²) < 4.78 is 6.45. The Kier molecular flexibility index (Phi) is 6.02. The van der Waals surface area contributed by atoms with Crippen LogP contribution in [0.4, 0.5) is 0 Å². The van der Waals surface area contributed by atoms with Gasteiger partial charge in [-0.25, -0.2) is 0 Å². The number of nitrogens with one attached hydrogen (secondary N) is 1. The van der Waals surface area contributed by atoms with Gasteiger partial charge >= 0.3 is 147 Å². The van der Waals surface area contributed by atoms with E-state index in [9.17, 15) is 0 Å². The Bertz CT molecular complexity index is 688. The standard InChI is InChI=1S/C15H18N.2C2H6N.Mo/c1-15(2,3)16-9-8-12-10-13-6-4-5-7-14(13)11-12;2*1-3-2;/h4-8,10,16H,9H2,1-3H3;2*1-2H3;/q;2*-1;+2. The molecule has 0 aliphatic heterocycles. The molecule has 0 unspecified atom stereocenters. The Labute approximate surface area is 147 Å². The van der Waals surface area contributed by atoms with Crippen LogP contribution in [0.5, 0.6) is 0 Å². The molecule has 0 bridgehead atoms. The molecule has 1 aliphatic carbocycles. The van der Waals surface area contributed by atoms with Crippen molar-refractivity contribution in [2.24, 2.45) is 0 Å². The molecule has 0 saturated carbocycles. The molecule has 2 rings (SSSR count).